The molecule has 0 aliphatic carbocycles. The van der Waals surface area contributed by atoms with Crippen molar-refractivity contribution < 1.29 is 36.6 Å². The fourth-order valence-electron chi connectivity index (χ4n) is 3.14. The first-order valence-corrected chi connectivity index (χ1v) is 11.3. The van der Waals surface area contributed by atoms with Crippen LogP contribution in [0.3, 0.4) is 0 Å². The van der Waals surface area contributed by atoms with Gasteiger partial charge >= 0.3 is 16.1 Å². The molecule has 1 saturated heterocycles. The minimum absolute atomic E-state index is 0.0898. The summed E-state index contributed by atoms with van der Waals surface area (Å²) in [5.41, 5.74) is -0.0171. The SMILES string of the molecule is Cc1ccc([N+](=O)[O-])cc1S(=O)(=O)Oc1ccc(C(=O)OCC(=O)N2CCOC(C)C2)cc1. The molecule has 2 aromatic rings. The van der Waals surface area contributed by atoms with E-state index in [1.165, 1.54) is 43.3 Å². The molecular formula is C21H22N2O9S. The summed E-state index contributed by atoms with van der Waals surface area (Å²) in [6.07, 6.45) is -0.0898. The number of hydrogen-bond acceptors (Lipinski definition) is 9. The van der Waals surface area contributed by atoms with E-state index in [1.54, 1.807) is 4.90 Å². The molecule has 0 spiro atoms. The number of hydrogen-bond donors (Lipinski definition) is 0. The molecule has 1 unspecified atom stereocenters. The molecule has 11 nitrogen and oxygen atoms in total. The normalized spacial score (nSPS) is 16.2. The van der Waals surface area contributed by atoms with E-state index in [9.17, 15) is 28.1 Å². The number of carbonyl (C=O) groups excluding carboxylic acids is 2. The largest absolute Gasteiger partial charge is 0.452 e. The Morgan fingerprint density at radius 3 is 2.55 bits per heavy atom. The van der Waals surface area contributed by atoms with Crippen LogP contribution in [0.2, 0.25) is 0 Å². The van der Waals surface area contributed by atoms with Crippen molar-refractivity contribution in [3.63, 3.8) is 0 Å². The van der Waals surface area contributed by atoms with Gasteiger partial charge in [-0.3, -0.25) is 14.9 Å². The molecule has 1 amide bonds. The Hall–Kier alpha value is -3.51. The standard InChI is InChI=1S/C21H22N2O9S/c1-14-3-6-17(23(26)27)11-19(14)33(28,29)32-18-7-4-16(5-8-18)21(25)31-13-20(24)22-9-10-30-15(2)12-22/h3-8,11,15H,9-10,12-13H2,1-2H3. The van der Waals surface area contributed by atoms with Crippen molar-refractivity contribution in [1.82, 2.24) is 4.90 Å². The van der Waals surface area contributed by atoms with Crippen LogP contribution in [-0.4, -0.2) is 62.5 Å². The summed E-state index contributed by atoms with van der Waals surface area (Å²) < 4.78 is 40.6. The molecule has 176 valence electrons. The highest BCUT2D eigenvalue weighted by molar-refractivity contribution is 7.87. The van der Waals surface area contributed by atoms with Crippen LogP contribution < -0.4 is 4.18 Å². The van der Waals surface area contributed by atoms with E-state index in [0.717, 1.165) is 6.07 Å². The first-order valence-electron chi connectivity index (χ1n) is 9.93. The van der Waals surface area contributed by atoms with Crippen LogP contribution >= 0.6 is 0 Å². The zero-order valence-corrected chi connectivity index (χ0v) is 18.7. The monoisotopic (exact) mass is 478 g/mol. The molecule has 3 rings (SSSR count). The zero-order chi connectivity index (χ0) is 24.2. The van der Waals surface area contributed by atoms with Crippen molar-refractivity contribution >= 4 is 27.7 Å². The van der Waals surface area contributed by atoms with Gasteiger partial charge in [0.25, 0.3) is 11.6 Å². The molecule has 1 heterocycles. The smallest absolute Gasteiger partial charge is 0.339 e. The molecule has 2 aromatic carbocycles. The molecule has 1 fully saturated rings. The number of non-ortho nitro benzene ring substituents is 1. The Kier molecular flexibility index (Phi) is 7.29. The fraction of sp³-hybridized carbons (Fsp3) is 0.333. The predicted octanol–water partition coefficient (Wildman–Crippen LogP) is 2.08. The minimum atomic E-state index is -4.35. The summed E-state index contributed by atoms with van der Waals surface area (Å²) in [7, 11) is -4.35. The van der Waals surface area contributed by atoms with Crippen LogP contribution in [0.1, 0.15) is 22.8 Å². The highest BCUT2D eigenvalue weighted by Gasteiger charge is 2.24. The second kappa shape index (κ2) is 9.96. The number of amides is 1. The number of nitrogens with zero attached hydrogens (tertiary/aromatic N) is 2. The number of nitro benzene ring substituents is 1. The van der Waals surface area contributed by atoms with Crippen molar-refractivity contribution in [2.24, 2.45) is 0 Å². The Morgan fingerprint density at radius 1 is 1.21 bits per heavy atom. The van der Waals surface area contributed by atoms with Gasteiger partial charge in [-0.05, 0) is 43.7 Å². The average Bonchev–Trinajstić information content (AvgIpc) is 2.77. The molecule has 1 aliphatic rings. The van der Waals surface area contributed by atoms with E-state index in [1.807, 2.05) is 6.92 Å². The molecule has 1 atom stereocenters. The summed E-state index contributed by atoms with van der Waals surface area (Å²) in [5.74, 6) is -1.19. The Balaban J connectivity index is 1.63. The third kappa shape index (κ3) is 6.05. The summed E-state index contributed by atoms with van der Waals surface area (Å²) in [5, 5.41) is 10.9. The molecule has 0 bridgehead atoms. The van der Waals surface area contributed by atoms with E-state index in [4.69, 9.17) is 13.7 Å². The third-order valence-corrected chi connectivity index (χ3v) is 6.26. The Bertz CT molecular complexity index is 1160. The highest BCUT2D eigenvalue weighted by atomic mass is 32.2. The highest BCUT2D eigenvalue weighted by Crippen LogP contribution is 2.25. The summed E-state index contributed by atoms with van der Waals surface area (Å²) in [4.78, 5) is 35.9. The van der Waals surface area contributed by atoms with Gasteiger partial charge in [-0.1, -0.05) is 6.07 Å². The number of carbonyl (C=O) groups is 2. The summed E-state index contributed by atoms with van der Waals surface area (Å²) in [6.45, 7) is 4.16. The van der Waals surface area contributed by atoms with Crippen molar-refractivity contribution in [2.45, 2.75) is 24.8 Å². The number of morpholine rings is 1. The van der Waals surface area contributed by atoms with Crippen LogP contribution in [0, 0.1) is 17.0 Å². The molecule has 0 radical (unpaired) electrons. The maximum atomic E-state index is 12.6. The van der Waals surface area contributed by atoms with E-state index < -0.39 is 27.6 Å². The van der Waals surface area contributed by atoms with E-state index in [-0.39, 0.29) is 39.5 Å². The van der Waals surface area contributed by atoms with Crippen LogP contribution in [0.5, 0.6) is 5.75 Å². The summed E-state index contributed by atoms with van der Waals surface area (Å²) in [6, 6.07) is 8.48. The van der Waals surface area contributed by atoms with Crippen LogP contribution in [0.4, 0.5) is 5.69 Å². The lowest BCUT2D eigenvalue weighted by Crippen LogP contribution is -2.46. The lowest BCUT2D eigenvalue weighted by molar-refractivity contribution is -0.385. The second-order valence-electron chi connectivity index (χ2n) is 7.37. The molecule has 0 N–H and O–H groups in total. The van der Waals surface area contributed by atoms with Gasteiger partial charge in [-0.25, -0.2) is 4.79 Å². The number of rotatable bonds is 7. The van der Waals surface area contributed by atoms with Gasteiger partial charge in [-0.15, -0.1) is 0 Å². The fourth-order valence-corrected chi connectivity index (χ4v) is 4.32. The lowest BCUT2D eigenvalue weighted by atomic mass is 10.2. The van der Waals surface area contributed by atoms with Crippen molar-refractivity contribution in [3.8, 4) is 5.75 Å². The predicted molar refractivity (Wildman–Crippen MR) is 114 cm³/mol. The maximum Gasteiger partial charge on any atom is 0.339 e. The van der Waals surface area contributed by atoms with Gasteiger partial charge in [0.2, 0.25) is 0 Å². The van der Waals surface area contributed by atoms with Gasteiger partial charge < -0.3 is 18.6 Å². The molecule has 0 saturated carbocycles. The number of nitro groups is 1. The average molecular weight is 478 g/mol. The van der Waals surface area contributed by atoms with Gasteiger partial charge in [0, 0.05) is 25.2 Å². The van der Waals surface area contributed by atoms with Gasteiger partial charge in [0.15, 0.2) is 6.61 Å². The molecule has 0 aromatic heterocycles. The minimum Gasteiger partial charge on any atom is -0.452 e. The van der Waals surface area contributed by atoms with E-state index in [0.29, 0.717) is 19.7 Å². The van der Waals surface area contributed by atoms with Crippen LogP contribution in [-0.2, 0) is 24.4 Å². The topological polar surface area (TPSA) is 142 Å². The van der Waals surface area contributed by atoms with Gasteiger partial charge in [-0.2, -0.15) is 8.42 Å². The van der Waals surface area contributed by atoms with E-state index in [2.05, 4.69) is 0 Å². The van der Waals surface area contributed by atoms with E-state index >= 15 is 0 Å². The maximum absolute atomic E-state index is 12.6. The molecule has 33 heavy (non-hydrogen) atoms. The van der Waals surface area contributed by atoms with Crippen LogP contribution in [0.15, 0.2) is 47.4 Å². The first-order chi connectivity index (χ1) is 15.6. The quantitative estimate of drug-likeness (QED) is 0.253. The Morgan fingerprint density at radius 2 is 1.91 bits per heavy atom. The lowest BCUT2D eigenvalue weighted by Gasteiger charge is -2.30. The zero-order valence-electron chi connectivity index (χ0n) is 17.9. The van der Waals surface area contributed by atoms with Crippen LogP contribution in [0.25, 0.3) is 0 Å². The number of ether oxygens (including phenoxy) is 2. The summed E-state index contributed by atoms with van der Waals surface area (Å²) >= 11 is 0. The molecule has 12 heteroatoms. The first kappa shape index (κ1) is 24.1. The van der Waals surface area contributed by atoms with Crippen molar-refractivity contribution in [1.29, 1.82) is 0 Å². The number of esters is 1. The number of benzene rings is 2. The van der Waals surface area contributed by atoms with Gasteiger partial charge in [0.1, 0.15) is 10.6 Å². The van der Waals surface area contributed by atoms with Gasteiger partial charge in [0.05, 0.1) is 23.2 Å². The second-order valence-corrected chi connectivity index (χ2v) is 8.88. The number of aryl methyl sites for hydroxylation is 1. The third-order valence-electron chi connectivity index (χ3n) is 4.87. The Labute approximate surface area is 190 Å². The van der Waals surface area contributed by atoms with Crippen molar-refractivity contribution in [2.75, 3.05) is 26.3 Å². The van der Waals surface area contributed by atoms with Crippen molar-refractivity contribution in [3.05, 3.63) is 63.7 Å². The molecule has 1 aliphatic heterocycles. The molecular weight excluding hydrogens is 456 g/mol.